The van der Waals surface area contributed by atoms with Gasteiger partial charge in [0.15, 0.2) is 0 Å². The molecule has 2 aromatic rings. The van der Waals surface area contributed by atoms with Gasteiger partial charge in [-0.05, 0) is 24.3 Å². The first-order chi connectivity index (χ1) is 10.1. The second-order valence-corrected chi connectivity index (χ2v) is 4.49. The lowest BCUT2D eigenvalue weighted by Crippen LogP contribution is -2.27. The lowest BCUT2D eigenvalue weighted by atomic mass is 10.1. The summed E-state index contributed by atoms with van der Waals surface area (Å²) in [5, 5.41) is 0. The number of nitrogens with zero attached hydrogens (tertiary/aromatic N) is 1. The number of benzene rings is 1. The van der Waals surface area contributed by atoms with E-state index in [0.717, 1.165) is 5.56 Å². The quantitative estimate of drug-likeness (QED) is 0.878. The van der Waals surface area contributed by atoms with Crippen LogP contribution in [0.3, 0.4) is 0 Å². The maximum atomic E-state index is 13.8. The van der Waals surface area contributed by atoms with Crippen LogP contribution in [-0.2, 0) is 6.54 Å². The number of furan rings is 1. The van der Waals surface area contributed by atoms with E-state index in [0.29, 0.717) is 12.1 Å². The summed E-state index contributed by atoms with van der Waals surface area (Å²) in [7, 11) is 1.60. The Morgan fingerprint density at radius 2 is 2.24 bits per heavy atom. The van der Waals surface area contributed by atoms with Gasteiger partial charge in [-0.15, -0.1) is 0 Å². The van der Waals surface area contributed by atoms with Crippen LogP contribution in [-0.4, -0.2) is 24.4 Å². The highest BCUT2D eigenvalue weighted by Gasteiger charge is 2.17. The van der Waals surface area contributed by atoms with Gasteiger partial charge in [-0.25, -0.2) is 4.39 Å². The van der Waals surface area contributed by atoms with Crippen molar-refractivity contribution in [3.05, 3.63) is 59.3 Å². The Morgan fingerprint density at radius 1 is 1.43 bits per heavy atom. The monoisotopic (exact) mass is 286 g/mol. The number of nitrogens with two attached hydrogens (primary N) is 1. The predicted molar refractivity (Wildman–Crippen MR) is 76.8 cm³/mol. The van der Waals surface area contributed by atoms with Gasteiger partial charge in [0.05, 0.1) is 24.6 Å². The molecule has 0 spiro atoms. The van der Waals surface area contributed by atoms with Gasteiger partial charge in [0, 0.05) is 24.7 Å². The van der Waals surface area contributed by atoms with Gasteiger partial charge in [-0.2, -0.15) is 0 Å². The molecule has 1 aromatic heterocycles. The van der Waals surface area contributed by atoms with Gasteiger partial charge in [0.1, 0.15) is 5.82 Å². The normalized spacial score (nSPS) is 9.86. The Balaban J connectivity index is 2.21. The Bertz CT molecular complexity index is 684. The van der Waals surface area contributed by atoms with Crippen LogP contribution < -0.4 is 5.73 Å². The minimum atomic E-state index is -0.572. The molecule has 1 aromatic carbocycles. The van der Waals surface area contributed by atoms with Crippen LogP contribution in [0, 0.1) is 17.7 Å². The van der Waals surface area contributed by atoms with E-state index in [2.05, 4.69) is 11.8 Å². The molecule has 1 amide bonds. The molecule has 0 bridgehead atoms. The Kier molecular flexibility index (Phi) is 4.75. The summed E-state index contributed by atoms with van der Waals surface area (Å²) < 4.78 is 18.8. The van der Waals surface area contributed by atoms with E-state index < -0.39 is 11.7 Å². The number of carbonyl (C=O) groups excluding carboxylic acids is 1. The van der Waals surface area contributed by atoms with Crippen molar-refractivity contribution in [3.8, 4) is 11.8 Å². The highest BCUT2D eigenvalue weighted by Crippen LogP contribution is 2.14. The number of hydrogen-bond donors (Lipinski definition) is 1. The molecular weight excluding hydrogens is 271 g/mol. The van der Waals surface area contributed by atoms with Crippen molar-refractivity contribution < 1.29 is 13.6 Å². The molecule has 108 valence electrons. The van der Waals surface area contributed by atoms with Crippen LogP contribution in [0.4, 0.5) is 4.39 Å². The van der Waals surface area contributed by atoms with E-state index in [1.54, 1.807) is 19.4 Å². The number of hydrogen-bond acceptors (Lipinski definition) is 3. The minimum Gasteiger partial charge on any atom is -0.472 e. The van der Waals surface area contributed by atoms with Gasteiger partial charge >= 0.3 is 0 Å². The molecule has 2 N–H and O–H groups in total. The molecule has 4 nitrogen and oxygen atoms in total. The van der Waals surface area contributed by atoms with Crippen LogP contribution in [0.2, 0.25) is 0 Å². The van der Waals surface area contributed by atoms with Crippen molar-refractivity contribution in [1.29, 1.82) is 0 Å². The van der Waals surface area contributed by atoms with Gasteiger partial charge in [0.25, 0.3) is 5.91 Å². The topological polar surface area (TPSA) is 59.5 Å². The van der Waals surface area contributed by atoms with E-state index in [9.17, 15) is 9.18 Å². The minimum absolute atomic E-state index is 0.00943. The summed E-state index contributed by atoms with van der Waals surface area (Å²) in [5.74, 6) is 4.47. The molecule has 0 radical (unpaired) electrons. The maximum absolute atomic E-state index is 13.8. The zero-order valence-electron chi connectivity index (χ0n) is 11.6. The first-order valence-corrected chi connectivity index (χ1v) is 6.37. The zero-order chi connectivity index (χ0) is 15.2. The largest absolute Gasteiger partial charge is 0.472 e. The molecule has 21 heavy (non-hydrogen) atoms. The van der Waals surface area contributed by atoms with Crippen LogP contribution in [0.15, 0.2) is 41.2 Å². The van der Waals surface area contributed by atoms with Crippen molar-refractivity contribution in [2.24, 2.45) is 5.73 Å². The van der Waals surface area contributed by atoms with Crippen LogP contribution in [0.1, 0.15) is 21.5 Å². The number of carbonyl (C=O) groups is 1. The average molecular weight is 286 g/mol. The first kappa shape index (κ1) is 14.8. The third-order valence-corrected chi connectivity index (χ3v) is 2.88. The number of halogens is 1. The molecule has 0 saturated carbocycles. The second kappa shape index (κ2) is 6.73. The van der Waals surface area contributed by atoms with Crippen molar-refractivity contribution in [1.82, 2.24) is 4.90 Å². The van der Waals surface area contributed by atoms with Crippen molar-refractivity contribution >= 4 is 5.91 Å². The fraction of sp³-hybridized carbons (Fsp3) is 0.188. The molecular formula is C16H15FN2O2. The van der Waals surface area contributed by atoms with Crippen molar-refractivity contribution in [2.45, 2.75) is 6.54 Å². The predicted octanol–water partition coefficient (Wildman–Crippen LogP) is 2.00. The molecule has 0 aliphatic heterocycles. The molecule has 1 heterocycles. The van der Waals surface area contributed by atoms with E-state index in [4.69, 9.17) is 10.2 Å². The van der Waals surface area contributed by atoms with E-state index in [-0.39, 0.29) is 12.1 Å². The summed E-state index contributed by atoms with van der Waals surface area (Å²) in [4.78, 5) is 13.7. The molecule has 0 aliphatic rings. The highest BCUT2D eigenvalue weighted by atomic mass is 19.1. The summed E-state index contributed by atoms with van der Waals surface area (Å²) >= 11 is 0. The molecule has 0 atom stereocenters. The molecule has 0 fully saturated rings. The highest BCUT2D eigenvalue weighted by molar-refractivity contribution is 5.94. The molecule has 2 rings (SSSR count). The summed E-state index contributed by atoms with van der Waals surface area (Å²) in [6.07, 6.45) is 3.07. The summed E-state index contributed by atoms with van der Waals surface area (Å²) in [6, 6.07) is 5.94. The fourth-order valence-electron chi connectivity index (χ4n) is 1.85. The van der Waals surface area contributed by atoms with E-state index >= 15 is 0 Å². The third kappa shape index (κ3) is 3.71. The fourth-order valence-corrected chi connectivity index (χ4v) is 1.85. The lowest BCUT2D eigenvalue weighted by Gasteiger charge is -2.16. The van der Waals surface area contributed by atoms with E-state index in [1.165, 1.54) is 29.4 Å². The Labute approximate surface area is 122 Å². The van der Waals surface area contributed by atoms with Gasteiger partial charge in [-0.3, -0.25) is 4.79 Å². The first-order valence-electron chi connectivity index (χ1n) is 6.37. The molecule has 0 aliphatic carbocycles. The lowest BCUT2D eigenvalue weighted by molar-refractivity contribution is 0.0780. The van der Waals surface area contributed by atoms with Crippen LogP contribution in [0.5, 0.6) is 0 Å². The smallest absolute Gasteiger partial charge is 0.256 e. The summed E-state index contributed by atoms with van der Waals surface area (Å²) in [5.41, 5.74) is 6.68. The average Bonchev–Trinajstić information content (AvgIpc) is 2.98. The van der Waals surface area contributed by atoms with Crippen LogP contribution in [0.25, 0.3) is 0 Å². The van der Waals surface area contributed by atoms with Crippen molar-refractivity contribution in [2.75, 3.05) is 13.6 Å². The second-order valence-electron chi connectivity index (χ2n) is 4.49. The Morgan fingerprint density at radius 3 is 2.90 bits per heavy atom. The van der Waals surface area contributed by atoms with Gasteiger partial charge in [0.2, 0.25) is 0 Å². The zero-order valence-corrected chi connectivity index (χ0v) is 11.6. The van der Waals surface area contributed by atoms with Crippen LogP contribution >= 0.6 is 0 Å². The molecule has 0 saturated heterocycles. The Hall–Kier alpha value is -2.58. The molecule has 0 unspecified atom stereocenters. The van der Waals surface area contributed by atoms with Gasteiger partial charge in [-0.1, -0.05) is 11.8 Å². The van der Waals surface area contributed by atoms with Crippen molar-refractivity contribution in [3.63, 3.8) is 0 Å². The summed E-state index contributed by atoms with van der Waals surface area (Å²) in [6.45, 7) is 0.550. The third-order valence-electron chi connectivity index (χ3n) is 2.88. The maximum Gasteiger partial charge on any atom is 0.256 e. The standard InChI is InChI=1S/C16H15FN2O2/c1-19(10-13-6-8-21-11-13)16(20)14-9-12(3-2-7-18)4-5-15(14)17/h4-6,8-9,11H,7,10,18H2,1H3. The molecule has 5 heteroatoms. The van der Waals surface area contributed by atoms with E-state index in [1.807, 2.05) is 0 Å². The van der Waals surface area contributed by atoms with Gasteiger partial charge < -0.3 is 15.1 Å². The number of amides is 1. The SMILES string of the molecule is CN(Cc1ccoc1)C(=O)c1cc(C#CCN)ccc1F. The number of rotatable bonds is 3.